The van der Waals surface area contributed by atoms with E-state index in [1.807, 2.05) is 13.8 Å². The van der Waals surface area contributed by atoms with Crippen molar-refractivity contribution in [1.29, 1.82) is 0 Å². The second-order valence-electron chi connectivity index (χ2n) is 9.72. The number of aromatic nitrogens is 2. The van der Waals surface area contributed by atoms with Gasteiger partial charge in [0.25, 0.3) is 0 Å². The lowest BCUT2D eigenvalue weighted by atomic mass is 9.65. The summed E-state index contributed by atoms with van der Waals surface area (Å²) in [5.41, 5.74) is 1.05. The van der Waals surface area contributed by atoms with Crippen molar-refractivity contribution in [3.63, 3.8) is 0 Å². The largest absolute Gasteiger partial charge is 0.481 e. The van der Waals surface area contributed by atoms with Gasteiger partial charge >= 0.3 is 5.97 Å². The first-order valence-electron chi connectivity index (χ1n) is 10.9. The van der Waals surface area contributed by atoms with Crippen LogP contribution in [0.5, 0.6) is 5.88 Å². The first kappa shape index (κ1) is 22.9. The fourth-order valence-electron chi connectivity index (χ4n) is 4.57. The number of piperidine rings is 1. The van der Waals surface area contributed by atoms with Gasteiger partial charge in [0.1, 0.15) is 16.0 Å². The molecule has 30 heavy (non-hydrogen) atoms. The van der Waals surface area contributed by atoms with Crippen LogP contribution in [0.3, 0.4) is 0 Å². The minimum absolute atomic E-state index is 0.0693. The Kier molecular flexibility index (Phi) is 6.72. The zero-order valence-electron chi connectivity index (χ0n) is 19.1. The third-order valence-corrected chi connectivity index (χ3v) is 7.26. The van der Waals surface area contributed by atoms with Gasteiger partial charge in [-0.05, 0) is 44.1 Å². The number of fused-ring (bicyclic) bond motifs is 1. The topological polar surface area (TPSA) is 75.5 Å². The van der Waals surface area contributed by atoms with E-state index in [9.17, 15) is 9.90 Å². The van der Waals surface area contributed by atoms with Crippen LogP contribution in [0.25, 0.3) is 10.3 Å². The molecule has 3 rings (SSSR count). The smallest absolute Gasteiger partial charge is 0.310 e. The summed E-state index contributed by atoms with van der Waals surface area (Å²) in [6, 6.07) is 2.08. The van der Waals surface area contributed by atoms with E-state index in [0.29, 0.717) is 24.9 Å². The van der Waals surface area contributed by atoms with Crippen molar-refractivity contribution in [1.82, 2.24) is 14.9 Å². The summed E-state index contributed by atoms with van der Waals surface area (Å²) < 4.78 is 5.59. The molecule has 0 bridgehead atoms. The third-order valence-electron chi connectivity index (χ3n) is 6.25. The molecule has 2 aromatic rings. The zero-order chi connectivity index (χ0) is 22.1. The third kappa shape index (κ3) is 4.78. The number of likely N-dealkylation sites (tertiary alicyclic amines) is 1. The molecule has 0 amide bonds. The van der Waals surface area contributed by atoms with E-state index < -0.39 is 11.4 Å². The van der Waals surface area contributed by atoms with Gasteiger partial charge in [0.2, 0.25) is 5.88 Å². The van der Waals surface area contributed by atoms with Crippen molar-refractivity contribution in [2.75, 3.05) is 19.7 Å². The molecule has 0 unspecified atom stereocenters. The van der Waals surface area contributed by atoms with Gasteiger partial charge < -0.3 is 9.84 Å². The molecule has 1 saturated heterocycles. The molecule has 7 heteroatoms. The van der Waals surface area contributed by atoms with Crippen LogP contribution in [0.15, 0.2) is 6.07 Å². The van der Waals surface area contributed by atoms with Crippen LogP contribution in [0, 0.1) is 23.7 Å². The Hall–Kier alpha value is -1.73. The Labute approximate surface area is 183 Å². The molecule has 0 aliphatic carbocycles. The molecule has 1 fully saturated rings. The minimum atomic E-state index is -0.670. The van der Waals surface area contributed by atoms with Crippen molar-refractivity contribution < 1.29 is 14.6 Å². The van der Waals surface area contributed by atoms with Crippen LogP contribution >= 0.6 is 11.3 Å². The molecule has 2 aromatic heterocycles. The standard InChI is InChI=1S/C23H35N3O3S/c1-7-9-23(21(27)28)11-16(22(4,5)6)12-26(14-23)13-17-10-18-20(30-17)24-15(3)19(25-18)29-8-2/h10,16H,7-9,11-14H2,1-6H3,(H,27,28)/t16-,23-/m1/s1. The Morgan fingerprint density at radius 2 is 2.10 bits per heavy atom. The summed E-state index contributed by atoms with van der Waals surface area (Å²) in [6.45, 7) is 15.4. The summed E-state index contributed by atoms with van der Waals surface area (Å²) in [4.78, 5) is 26.1. The molecule has 1 aliphatic rings. The highest BCUT2D eigenvalue weighted by molar-refractivity contribution is 7.18. The summed E-state index contributed by atoms with van der Waals surface area (Å²) in [5, 5.41) is 10.2. The van der Waals surface area contributed by atoms with Crippen LogP contribution in [-0.2, 0) is 11.3 Å². The fourth-order valence-corrected chi connectivity index (χ4v) is 5.63. The maximum atomic E-state index is 12.4. The average Bonchev–Trinajstić information content (AvgIpc) is 3.02. The molecule has 1 aliphatic heterocycles. The maximum absolute atomic E-state index is 12.4. The zero-order valence-corrected chi connectivity index (χ0v) is 19.9. The molecular formula is C23H35N3O3S. The normalized spacial score (nSPS) is 23.1. The van der Waals surface area contributed by atoms with Gasteiger partial charge in [-0.15, -0.1) is 11.3 Å². The predicted molar refractivity (Wildman–Crippen MR) is 121 cm³/mol. The number of hydrogen-bond acceptors (Lipinski definition) is 6. The second kappa shape index (κ2) is 8.79. The summed E-state index contributed by atoms with van der Waals surface area (Å²) in [5.74, 6) is 0.277. The van der Waals surface area contributed by atoms with E-state index in [1.54, 1.807) is 11.3 Å². The number of hydrogen-bond donors (Lipinski definition) is 1. The molecule has 2 atom stereocenters. The van der Waals surface area contributed by atoms with Crippen LogP contribution < -0.4 is 4.74 Å². The summed E-state index contributed by atoms with van der Waals surface area (Å²) in [6.07, 6.45) is 2.35. The number of rotatable bonds is 7. The number of aliphatic carboxylic acids is 1. The van der Waals surface area contributed by atoms with Crippen molar-refractivity contribution in [2.24, 2.45) is 16.7 Å². The van der Waals surface area contributed by atoms with Crippen molar-refractivity contribution in [3.8, 4) is 5.88 Å². The number of aryl methyl sites for hydroxylation is 1. The molecule has 3 heterocycles. The lowest BCUT2D eigenvalue weighted by Gasteiger charge is -2.48. The molecule has 0 saturated carbocycles. The number of ether oxygens (including phenoxy) is 1. The second-order valence-corrected chi connectivity index (χ2v) is 10.8. The van der Waals surface area contributed by atoms with Gasteiger partial charge in [0, 0.05) is 24.5 Å². The molecule has 0 aromatic carbocycles. The minimum Gasteiger partial charge on any atom is -0.481 e. The van der Waals surface area contributed by atoms with E-state index in [2.05, 4.69) is 48.6 Å². The van der Waals surface area contributed by atoms with Gasteiger partial charge in [0.15, 0.2) is 0 Å². The van der Waals surface area contributed by atoms with Crippen LogP contribution in [0.4, 0.5) is 0 Å². The van der Waals surface area contributed by atoms with E-state index >= 15 is 0 Å². The van der Waals surface area contributed by atoms with Gasteiger partial charge in [-0.1, -0.05) is 34.1 Å². The first-order valence-corrected chi connectivity index (χ1v) is 11.7. The van der Waals surface area contributed by atoms with E-state index in [-0.39, 0.29) is 5.41 Å². The lowest BCUT2D eigenvalue weighted by molar-refractivity contribution is -0.156. The molecular weight excluding hydrogens is 398 g/mol. The van der Waals surface area contributed by atoms with E-state index in [1.165, 1.54) is 4.88 Å². The number of carboxylic acid groups (broad SMARTS) is 1. The van der Waals surface area contributed by atoms with E-state index in [0.717, 1.165) is 48.4 Å². The quantitative estimate of drug-likeness (QED) is 0.652. The Morgan fingerprint density at radius 1 is 1.37 bits per heavy atom. The SMILES string of the molecule is CCC[C@@]1(C(=O)O)C[C@@H](C(C)(C)C)CN(Cc2cc3nc(OCC)c(C)nc3s2)C1. The van der Waals surface area contributed by atoms with Gasteiger partial charge in [0.05, 0.1) is 12.0 Å². The van der Waals surface area contributed by atoms with Crippen molar-refractivity contribution >= 4 is 27.7 Å². The highest BCUT2D eigenvalue weighted by atomic mass is 32.1. The number of nitrogens with zero attached hydrogens (tertiary/aromatic N) is 3. The Balaban J connectivity index is 1.89. The predicted octanol–water partition coefficient (Wildman–Crippen LogP) is 5.14. The van der Waals surface area contributed by atoms with Gasteiger partial charge in [-0.2, -0.15) is 0 Å². The highest BCUT2D eigenvalue weighted by Gasteiger charge is 2.47. The number of carboxylic acids is 1. The number of carbonyl (C=O) groups is 1. The van der Waals surface area contributed by atoms with Crippen LogP contribution in [0.1, 0.15) is 64.5 Å². The first-order chi connectivity index (χ1) is 14.1. The average molecular weight is 434 g/mol. The van der Waals surface area contributed by atoms with Crippen LogP contribution in [-0.4, -0.2) is 45.6 Å². The summed E-state index contributed by atoms with van der Waals surface area (Å²) >= 11 is 1.64. The molecule has 6 nitrogen and oxygen atoms in total. The van der Waals surface area contributed by atoms with Gasteiger partial charge in [-0.3, -0.25) is 9.69 Å². The van der Waals surface area contributed by atoms with E-state index in [4.69, 9.17) is 4.74 Å². The highest BCUT2D eigenvalue weighted by Crippen LogP contribution is 2.44. The lowest BCUT2D eigenvalue weighted by Crippen LogP contribution is -2.53. The van der Waals surface area contributed by atoms with Gasteiger partial charge in [-0.25, -0.2) is 9.97 Å². The summed E-state index contributed by atoms with van der Waals surface area (Å²) in [7, 11) is 0. The van der Waals surface area contributed by atoms with Crippen LogP contribution in [0.2, 0.25) is 0 Å². The molecule has 166 valence electrons. The molecule has 0 spiro atoms. The monoisotopic (exact) mass is 433 g/mol. The number of thiophene rings is 1. The molecule has 0 radical (unpaired) electrons. The van der Waals surface area contributed by atoms with Crippen molar-refractivity contribution in [3.05, 3.63) is 16.6 Å². The van der Waals surface area contributed by atoms with Crippen molar-refractivity contribution in [2.45, 2.75) is 67.3 Å². The maximum Gasteiger partial charge on any atom is 0.310 e. The molecule has 1 N–H and O–H groups in total. The Morgan fingerprint density at radius 3 is 2.70 bits per heavy atom. The fraction of sp³-hybridized carbons (Fsp3) is 0.696. The Bertz CT molecular complexity index is 905.